The molecule has 96 valence electrons. The van der Waals surface area contributed by atoms with Gasteiger partial charge in [-0.3, -0.25) is 0 Å². The Balaban J connectivity index is 2.35. The Morgan fingerprint density at radius 2 is 1.82 bits per heavy atom. The van der Waals surface area contributed by atoms with Crippen LogP contribution in [0.5, 0.6) is 0 Å². The molecule has 2 unspecified atom stereocenters. The van der Waals surface area contributed by atoms with E-state index in [1.54, 1.807) is 0 Å². The summed E-state index contributed by atoms with van der Waals surface area (Å²) in [4.78, 5) is 11.6. The van der Waals surface area contributed by atoms with Crippen LogP contribution in [0.3, 0.4) is 0 Å². The molecule has 0 aromatic carbocycles. The Morgan fingerprint density at radius 3 is 2.41 bits per heavy atom. The van der Waals surface area contributed by atoms with Gasteiger partial charge in [0, 0.05) is 11.5 Å². The largest absolute Gasteiger partial charge is 0.456 e. The van der Waals surface area contributed by atoms with Crippen LogP contribution < -0.4 is 0 Å². The zero-order chi connectivity index (χ0) is 12.9. The molecule has 2 bridgehead atoms. The van der Waals surface area contributed by atoms with E-state index in [0.29, 0.717) is 0 Å². The van der Waals surface area contributed by atoms with Gasteiger partial charge in [0.2, 0.25) is 0 Å². The lowest BCUT2D eigenvalue weighted by Gasteiger charge is -2.56. The molecule has 3 atom stereocenters. The molecular formula is C15H24O2. The first-order valence-corrected chi connectivity index (χ1v) is 6.62. The average molecular weight is 236 g/mol. The Kier molecular flexibility index (Phi) is 2.68. The number of hydrogen-bond donors (Lipinski definition) is 0. The van der Waals surface area contributed by atoms with E-state index in [2.05, 4.69) is 34.3 Å². The number of hydrogen-bond acceptors (Lipinski definition) is 2. The van der Waals surface area contributed by atoms with E-state index in [0.717, 1.165) is 18.8 Å². The van der Waals surface area contributed by atoms with Crippen LogP contribution in [-0.2, 0) is 9.53 Å². The highest BCUT2D eigenvalue weighted by molar-refractivity contribution is 5.81. The third kappa shape index (κ3) is 1.49. The summed E-state index contributed by atoms with van der Waals surface area (Å²) in [6, 6.07) is 0. The van der Waals surface area contributed by atoms with Gasteiger partial charge in [-0.05, 0) is 43.9 Å². The molecular weight excluding hydrogens is 212 g/mol. The van der Waals surface area contributed by atoms with Crippen LogP contribution in [0.1, 0.15) is 53.4 Å². The molecule has 0 aromatic heterocycles. The molecule has 0 aromatic rings. The minimum Gasteiger partial charge on any atom is -0.456 e. The first-order chi connectivity index (χ1) is 7.77. The second-order valence-electron chi connectivity index (χ2n) is 6.68. The maximum absolute atomic E-state index is 11.6. The van der Waals surface area contributed by atoms with Crippen molar-refractivity contribution in [2.24, 2.45) is 16.7 Å². The van der Waals surface area contributed by atoms with E-state index < -0.39 is 0 Å². The fourth-order valence-electron chi connectivity index (χ4n) is 4.20. The number of rotatable bonds is 2. The summed E-state index contributed by atoms with van der Waals surface area (Å²) < 4.78 is 5.74. The molecule has 0 aliphatic heterocycles. The number of esters is 1. The topological polar surface area (TPSA) is 26.3 Å². The summed E-state index contributed by atoms with van der Waals surface area (Å²) in [6.45, 7) is 12.6. The standard InChI is InChI=1S/C15H24O2/c1-6-12(16)17-15(5)10-8-11-7-9-14(15,4)13(11,2)3/h6,11H,1,7-10H2,2-5H3/t11?,14?,15-/m1/s1. The Hall–Kier alpha value is -0.790. The average Bonchev–Trinajstić information content (AvgIpc) is 2.40. The molecule has 17 heavy (non-hydrogen) atoms. The molecule has 0 N–H and O–H groups in total. The van der Waals surface area contributed by atoms with Crippen molar-refractivity contribution in [2.75, 3.05) is 0 Å². The SMILES string of the molecule is C=CC(=O)O[C@]1(C)CCC2CCC1(C)C2(C)C. The molecule has 2 saturated carbocycles. The van der Waals surface area contributed by atoms with Crippen LogP contribution in [0.4, 0.5) is 0 Å². The van der Waals surface area contributed by atoms with Gasteiger partial charge < -0.3 is 4.74 Å². The molecule has 2 nitrogen and oxygen atoms in total. The predicted octanol–water partition coefficient (Wildman–Crippen LogP) is 3.71. The van der Waals surface area contributed by atoms with Crippen molar-refractivity contribution >= 4 is 5.97 Å². The van der Waals surface area contributed by atoms with E-state index in [-0.39, 0.29) is 22.4 Å². The summed E-state index contributed by atoms with van der Waals surface area (Å²) in [5.41, 5.74) is -0.00217. The van der Waals surface area contributed by atoms with E-state index in [9.17, 15) is 4.79 Å². The molecule has 2 aliphatic rings. The normalized spacial score (nSPS) is 43.2. The van der Waals surface area contributed by atoms with Crippen LogP contribution in [0.15, 0.2) is 12.7 Å². The first-order valence-electron chi connectivity index (χ1n) is 6.62. The summed E-state index contributed by atoms with van der Waals surface area (Å²) in [5, 5.41) is 0. The second-order valence-corrected chi connectivity index (χ2v) is 6.68. The zero-order valence-electron chi connectivity index (χ0n) is 11.5. The van der Waals surface area contributed by atoms with Gasteiger partial charge in [-0.25, -0.2) is 4.79 Å². The van der Waals surface area contributed by atoms with Gasteiger partial charge in [0.15, 0.2) is 0 Å². The third-order valence-corrected chi connectivity index (χ3v) is 6.07. The van der Waals surface area contributed by atoms with Gasteiger partial charge in [-0.15, -0.1) is 0 Å². The molecule has 0 amide bonds. The molecule has 0 radical (unpaired) electrons. The van der Waals surface area contributed by atoms with Crippen LogP contribution >= 0.6 is 0 Å². The van der Waals surface area contributed by atoms with Crippen LogP contribution in [-0.4, -0.2) is 11.6 Å². The monoisotopic (exact) mass is 236 g/mol. The van der Waals surface area contributed by atoms with Crippen molar-refractivity contribution in [1.82, 2.24) is 0 Å². The highest BCUT2D eigenvalue weighted by Crippen LogP contribution is 2.67. The van der Waals surface area contributed by atoms with E-state index in [1.807, 2.05) is 0 Å². The first kappa shape index (κ1) is 12.7. The van der Waals surface area contributed by atoms with E-state index in [4.69, 9.17) is 4.74 Å². The number of carbonyl (C=O) groups excluding carboxylic acids is 1. The fourth-order valence-corrected chi connectivity index (χ4v) is 4.20. The summed E-state index contributed by atoms with van der Waals surface area (Å²) in [7, 11) is 0. The predicted molar refractivity (Wildman–Crippen MR) is 68.5 cm³/mol. The van der Waals surface area contributed by atoms with Gasteiger partial charge in [-0.1, -0.05) is 27.4 Å². The van der Waals surface area contributed by atoms with Crippen LogP contribution in [0, 0.1) is 16.7 Å². The molecule has 0 spiro atoms. The minimum absolute atomic E-state index is 0.0849. The van der Waals surface area contributed by atoms with Crippen molar-refractivity contribution < 1.29 is 9.53 Å². The van der Waals surface area contributed by atoms with Crippen molar-refractivity contribution in [1.29, 1.82) is 0 Å². The lowest BCUT2D eigenvalue weighted by molar-refractivity contribution is -0.192. The van der Waals surface area contributed by atoms with Crippen molar-refractivity contribution in [2.45, 2.75) is 59.0 Å². The fraction of sp³-hybridized carbons (Fsp3) is 0.800. The third-order valence-electron chi connectivity index (χ3n) is 6.07. The van der Waals surface area contributed by atoms with Gasteiger partial charge in [0.1, 0.15) is 5.60 Å². The molecule has 0 saturated heterocycles. The van der Waals surface area contributed by atoms with Gasteiger partial charge in [-0.2, -0.15) is 0 Å². The van der Waals surface area contributed by atoms with Gasteiger partial charge >= 0.3 is 5.97 Å². The van der Waals surface area contributed by atoms with E-state index >= 15 is 0 Å². The Morgan fingerprint density at radius 1 is 1.24 bits per heavy atom. The Labute approximate surface area is 104 Å². The molecule has 2 heteroatoms. The number of carbonyl (C=O) groups is 1. The molecule has 0 heterocycles. The highest BCUT2D eigenvalue weighted by atomic mass is 16.6. The van der Waals surface area contributed by atoms with Crippen LogP contribution in [0.25, 0.3) is 0 Å². The van der Waals surface area contributed by atoms with Crippen molar-refractivity contribution in [3.8, 4) is 0 Å². The quantitative estimate of drug-likeness (QED) is 0.539. The van der Waals surface area contributed by atoms with Crippen molar-refractivity contribution in [3.63, 3.8) is 0 Å². The molecule has 2 aliphatic carbocycles. The highest BCUT2D eigenvalue weighted by Gasteiger charge is 2.64. The van der Waals surface area contributed by atoms with Crippen LogP contribution in [0.2, 0.25) is 0 Å². The zero-order valence-corrected chi connectivity index (χ0v) is 11.5. The maximum Gasteiger partial charge on any atom is 0.330 e. The lowest BCUT2D eigenvalue weighted by atomic mass is 9.53. The van der Waals surface area contributed by atoms with Gasteiger partial charge in [0.05, 0.1) is 0 Å². The van der Waals surface area contributed by atoms with E-state index in [1.165, 1.54) is 18.9 Å². The summed E-state index contributed by atoms with van der Waals surface area (Å²) in [5.74, 6) is 0.498. The smallest absolute Gasteiger partial charge is 0.330 e. The Bertz CT molecular complexity index is 358. The summed E-state index contributed by atoms with van der Waals surface area (Å²) in [6.07, 6.45) is 5.86. The van der Waals surface area contributed by atoms with Crippen molar-refractivity contribution in [3.05, 3.63) is 12.7 Å². The minimum atomic E-state index is -0.339. The molecule has 2 fully saturated rings. The second kappa shape index (κ2) is 3.60. The summed E-state index contributed by atoms with van der Waals surface area (Å²) >= 11 is 0. The lowest BCUT2D eigenvalue weighted by Crippen LogP contribution is -2.56. The molecule has 2 rings (SSSR count). The number of ether oxygens (including phenoxy) is 1. The number of fused-ring (bicyclic) bond motifs is 2. The van der Waals surface area contributed by atoms with Gasteiger partial charge in [0.25, 0.3) is 0 Å². The maximum atomic E-state index is 11.6.